The summed E-state index contributed by atoms with van der Waals surface area (Å²) in [5, 5.41) is 4.66. The second-order valence-corrected chi connectivity index (χ2v) is 9.20. The van der Waals surface area contributed by atoms with Crippen LogP contribution in [-0.2, 0) is 11.2 Å². The molecule has 2 aromatic rings. The molecule has 1 aliphatic heterocycles. The van der Waals surface area contributed by atoms with E-state index in [2.05, 4.69) is 53.3 Å². The maximum atomic E-state index is 13.7. The van der Waals surface area contributed by atoms with Crippen LogP contribution in [0.5, 0.6) is 0 Å². The summed E-state index contributed by atoms with van der Waals surface area (Å²) < 4.78 is 0. The lowest BCUT2D eigenvalue weighted by Crippen LogP contribution is -2.47. The molecule has 1 aromatic heterocycles. The van der Waals surface area contributed by atoms with Crippen molar-refractivity contribution in [2.45, 2.75) is 58.4 Å². The van der Waals surface area contributed by atoms with Crippen molar-refractivity contribution in [2.75, 3.05) is 20.1 Å². The highest BCUT2D eigenvalue weighted by molar-refractivity contribution is 5.86. The highest BCUT2D eigenvalue weighted by Gasteiger charge is 2.39. The van der Waals surface area contributed by atoms with E-state index in [1.54, 1.807) is 0 Å². The number of amides is 1. The first-order valence-corrected chi connectivity index (χ1v) is 11.1. The van der Waals surface area contributed by atoms with Gasteiger partial charge in [-0.15, -0.1) is 0 Å². The van der Waals surface area contributed by atoms with Crippen LogP contribution in [0.15, 0.2) is 24.3 Å². The summed E-state index contributed by atoms with van der Waals surface area (Å²) in [6.45, 7) is 6.35. The van der Waals surface area contributed by atoms with Crippen molar-refractivity contribution in [3.8, 4) is 0 Å². The molecule has 3 atom stereocenters. The number of carbonyl (C=O) groups is 1. The van der Waals surface area contributed by atoms with Gasteiger partial charge in [0.1, 0.15) is 0 Å². The fourth-order valence-corrected chi connectivity index (χ4v) is 5.53. The lowest BCUT2D eigenvalue weighted by molar-refractivity contribution is -0.142. The van der Waals surface area contributed by atoms with Crippen LogP contribution in [0.4, 0.5) is 0 Å². The molecule has 4 rings (SSSR count). The Hall–Kier alpha value is -1.81. The Bertz CT molecular complexity index is 822. The highest BCUT2D eigenvalue weighted by Crippen LogP contribution is 2.40. The molecule has 1 aromatic carbocycles. The van der Waals surface area contributed by atoms with Gasteiger partial charge in [0.15, 0.2) is 0 Å². The number of nitrogens with one attached hydrogen (secondary N) is 2. The second kappa shape index (κ2) is 8.28. The fourth-order valence-electron chi connectivity index (χ4n) is 5.53. The number of carbonyl (C=O) groups excluding carboxylic acids is 1. The Morgan fingerprint density at radius 2 is 2.04 bits per heavy atom. The van der Waals surface area contributed by atoms with E-state index >= 15 is 0 Å². The second-order valence-electron chi connectivity index (χ2n) is 9.20. The molecule has 0 radical (unpaired) electrons. The molecule has 4 nitrogen and oxygen atoms in total. The molecule has 0 bridgehead atoms. The summed E-state index contributed by atoms with van der Waals surface area (Å²) in [7, 11) is 2.01. The fraction of sp³-hybridized carbons (Fsp3) is 0.625. The Kier molecular flexibility index (Phi) is 5.77. The van der Waals surface area contributed by atoms with E-state index in [-0.39, 0.29) is 12.0 Å². The third-order valence-corrected chi connectivity index (χ3v) is 6.83. The minimum Gasteiger partial charge on any atom is -0.356 e. The molecule has 2 aliphatic rings. The third kappa shape index (κ3) is 3.59. The molecule has 28 heavy (non-hydrogen) atoms. The van der Waals surface area contributed by atoms with Gasteiger partial charge >= 0.3 is 0 Å². The quantitative estimate of drug-likeness (QED) is 0.791. The molecule has 0 saturated heterocycles. The molecule has 1 aliphatic carbocycles. The smallest absolute Gasteiger partial charge is 0.226 e. The van der Waals surface area contributed by atoms with Gasteiger partial charge in [0.05, 0.1) is 6.04 Å². The van der Waals surface area contributed by atoms with Crippen molar-refractivity contribution >= 4 is 16.8 Å². The van der Waals surface area contributed by atoms with Crippen molar-refractivity contribution in [3.05, 3.63) is 35.5 Å². The first-order chi connectivity index (χ1) is 13.6. The van der Waals surface area contributed by atoms with Crippen molar-refractivity contribution in [1.82, 2.24) is 15.2 Å². The molecule has 1 saturated carbocycles. The van der Waals surface area contributed by atoms with Crippen LogP contribution >= 0.6 is 0 Å². The van der Waals surface area contributed by atoms with Gasteiger partial charge in [0.2, 0.25) is 5.91 Å². The molecular formula is C24H35N3O. The van der Waals surface area contributed by atoms with E-state index in [4.69, 9.17) is 0 Å². The Labute approximate surface area is 169 Å². The number of hydrogen-bond acceptors (Lipinski definition) is 2. The van der Waals surface area contributed by atoms with Crippen LogP contribution in [0.2, 0.25) is 0 Å². The van der Waals surface area contributed by atoms with Crippen LogP contribution < -0.4 is 5.32 Å². The van der Waals surface area contributed by atoms with Crippen LogP contribution in [0.25, 0.3) is 10.9 Å². The number of hydrogen-bond donors (Lipinski definition) is 2. The van der Waals surface area contributed by atoms with Crippen molar-refractivity contribution in [2.24, 2.45) is 17.8 Å². The molecule has 0 spiro atoms. The van der Waals surface area contributed by atoms with Gasteiger partial charge in [-0.05, 0) is 62.7 Å². The lowest BCUT2D eigenvalue weighted by atomic mass is 9.77. The number of fused-ring (bicyclic) bond motifs is 3. The van der Waals surface area contributed by atoms with Crippen molar-refractivity contribution in [1.29, 1.82) is 0 Å². The van der Waals surface area contributed by atoms with E-state index in [1.807, 2.05) is 7.05 Å². The first kappa shape index (κ1) is 19.5. The van der Waals surface area contributed by atoms with E-state index in [0.29, 0.717) is 17.7 Å². The average molecular weight is 382 g/mol. The number of benzene rings is 1. The van der Waals surface area contributed by atoms with Gasteiger partial charge in [-0.25, -0.2) is 0 Å². The van der Waals surface area contributed by atoms with Gasteiger partial charge in [0.25, 0.3) is 0 Å². The summed E-state index contributed by atoms with van der Waals surface area (Å²) in [4.78, 5) is 19.7. The zero-order valence-electron chi connectivity index (χ0n) is 17.6. The topological polar surface area (TPSA) is 48.1 Å². The molecule has 1 fully saturated rings. The molecule has 4 heteroatoms. The summed E-state index contributed by atoms with van der Waals surface area (Å²) in [5.74, 6) is 1.61. The van der Waals surface area contributed by atoms with Gasteiger partial charge in [-0.3, -0.25) is 4.79 Å². The van der Waals surface area contributed by atoms with Crippen LogP contribution in [0.3, 0.4) is 0 Å². The largest absolute Gasteiger partial charge is 0.356 e. The zero-order chi connectivity index (χ0) is 19.7. The van der Waals surface area contributed by atoms with E-state index in [0.717, 1.165) is 32.4 Å². The maximum absolute atomic E-state index is 13.7. The molecule has 1 amide bonds. The number of H-pyrrole nitrogens is 1. The van der Waals surface area contributed by atoms with Crippen molar-refractivity contribution in [3.63, 3.8) is 0 Å². The Balaban J connectivity index is 1.67. The number of aromatic nitrogens is 1. The summed E-state index contributed by atoms with van der Waals surface area (Å²) >= 11 is 0. The summed E-state index contributed by atoms with van der Waals surface area (Å²) in [5.41, 5.74) is 3.93. The van der Waals surface area contributed by atoms with Crippen LogP contribution in [0.1, 0.15) is 63.3 Å². The number of aromatic amines is 1. The average Bonchev–Trinajstić information content (AvgIpc) is 3.07. The van der Waals surface area contributed by atoms with Crippen LogP contribution in [0, 0.1) is 17.8 Å². The molecule has 2 heterocycles. The highest BCUT2D eigenvalue weighted by atomic mass is 16.2. The van der Waals surface area contributed by atoms with Gasteiger partial charge in [0, 0.05) is 29.1 Å². The number of nitrogens with zero attached hydrogens (tertiary/aromatic N) is 1. The first-order valence-electron chi connectivity index (χ1n) is 11.1. The number of para-hydroxylation sites is 1. The lowest BCUT2D eigenvalue weighted by Gasteiger charge is -2.41. The SMILES string of the molecule is CNCC1CCCCC1C(=O)N1CCc2c([nH]c3ccccc23)C1CC(C)C. The molecule has 152 valence electrons. The standard InChI is InChI=1S/C24H35N3O/c1-16(2)14-22-23-20(19-10-6-7-11-21(19)26-23)12-13-27(22)24(28)18-9-5-4-8-17(18)15-25-3/h6-7,10-11,16-18,22,25-26H,4-5,8-9,12-15H2,1-3H3. The summed E-state index contributed by atoms with van der Waals surface area (Å²) in [6.07, 6.45) is 6.67. The van der Waals surface area contributed by atoms with Crippen LogP contribution in [-0.4, -0.2) is 35.9 Å². The third-order valence-electron chi connectivity index (χ3n) is 6.83. The molecule has 2 N–H and O–H groups in total. The van der Waals surface area contributed by atoms with Gasteiger partial charge in [-0.2, -0.15) is 0 Å². The maximum Gasteiger partial charge on any atom is 0.226 e. The monoisotopic (exact) mass is 381 g/mol. The molecule has 3 unspecified atom stereocenters. The Morgan fingerprint density at radius 1 is 1.25 bits per heavy atom. The van der Waals surface area contributed by atoms with Gasteiger partial charge < -0.3 is 15.2 Å². The predicted octanol–water partition coefficient (Wildman–Crippen LogP) is 4.67. The predicted molar refractivity (Wildman–Crippen MR) is 115 cm³/mol. The minimum atomic E-state index is 0.181. The molecular weight excluding hydrogens is 346 g/mol. The van der Waals surface area contributed by atoms with E-state index in [9.17, 15) is 4.79 Å². The van der Waals surface area contributed by atoms with E-state index in [1.165, 1.54) is 41.4 Å². The number of rotatable bonds is 5. The van der Waals surface area contributed by atoms with E-state index < -0.39 is 0 Å². The Morgan fingerprint density at radius 3 is 2.82 bits per heavy atom. The zero-order valence-corrected chi connectivity index (χ0v) is 17.6. The summed E-state index contributed by atoms with van der Waals surface area (Å²) in [6, 6.07) is 8.78. The van der Waals surface area contributed by atoms with Crippen molar-refractivity contribution < 1.29 is 4.79 Å². The van der Waals surface area contributed by atoms with Gasteiger partial charge in [-0.1, -0.05) is 44.9 Å². The normalized spacial score (nSPS) is 25.3. The minimum absolute atomic E-state index is 0.181.